The van der Waals surface area contributed by atoms with Gasteiger partial charge in [-0.3, -0.25) is 9.69 Å². The van der Waals surface area contributed by atoms with Crippen molar-refractivity contribution in [3.05, 3.63) is 41.3 Å². The van der Waals surface area contributed by atoms with Gasteiger partial charge in [0.25, 0.3) is 5.91 Å². The Hall–Kier alpha value is -2.09. The standard InChI is InChI=1S/C19H23N3O3S.ClH/c1-12-10-15(13(2)25-12)18(23)22(9-8-21(3)4)19-20-16-7-6-14(24-5)11-17(16)26-19;/h6-7,10-11H,8-9H2,1-5H3;1H. The highest BCUT2D eigenvalue weighted by atomic mass is 35.5. The van der Waals surface area contributed by atoms with Crippen molar-refractivity contribution in [1.82, 2.24) is 9.88 Å². The number of rotatable bonds is 6. The van der Waals surface area contributed by atoms with E-state index < -0.39 is 0 Å². The molecule has 1 aromatic carbocycles. The van der Waals surface area contributed by atoms with E-state index in [2.05, 4.69) is 4.98 Å². The number of carbonyl (C=O) groups excluding carboxylic acids is 1. The van der Waals surface area contributed by atoms with Crippen molar-refractivity contribution in [2.75, 3.05) is 39.2 Å². The van der Waals surface area contributed by atoms with Crippen LogP contribution in [0.3, 0.4) is 0 Å². The summed E-state index contributed by atoms with van der Waals surface area (Å²) in [4.78, 5) is 21.6. The molecule has 27 heavy (non-hydrogen) atoms. The predicted octanol–water partition coefficient (Wildman–Crippen LogP) is 4.14. The summed E-state index contributed by atoms with van der Waals surface area (Å²) in [6.07, 6.45) is 0. The third-order valence-corrected chi connectivity index (χ3v) is 5.14. The number of halogens is 1. The quantitative estimate of drug-likeness (QED) is 0.612. The van der Waals surface area contributed by atoms with Gasteiger partial charge < -0.3 is 14.1 Å². The second-order valence-corrected chi connectivity index (χ2v) is 7.43. The van der Waals surface area contributed by atoms with Crippen molar-refractivity contribution in [2.24, 2.45) is 0 Å². The molecule has 2 aromatic heterocycles. The molecular weight excluding hydrogens is 386 g/mol. The monoisotopic (exact) mass is 409 g/mol. The van der Waals surface area contributed by atoms with Crippen LogP contribution in [0.4, 0.5) is 5.13 Å². The van der Waals surface area contributed by atoms with Crippen LogP contribution < -0.4 is 9.64 Å². The highest BCUT2D eigenvalue weighted by Gasteiger charge is 2.24. The number of hydrogen-bond donors (Lipinski definition) is 0. The fourth-order valence-electron chi connectivity index (χ4n) is 2.71. The molecule has 146 valence electrons. The van der Waals surface area contributed by atoms with Gasteiger partial charge in [0.1, 0.15) is 17.3 Å². The van der Waals surface area contributed by atoms with E-state index in [1.807, 2.05) is 51.0 Å². The van der Waals surface area contributed by atoms with E-state index in [4.69, 9.17) is 9.15 Å². The number of ether oxygens (including phenoxy) is 1. The van der Waals surface area contributed by atoms with E-state index in [1.165, 1.54) is 11.3 Å². The molecule has 0 fully saturated rings. The number of likely N-dealkylation sites (N-methyl/N-ethyl adjacent to an activating group) is 1. The number of carbonyl (C=O) groups is 1. The lowest BCUT2D eigenvalue weighted by molar-refractivity contribution is 0.0983. The maximum atomic E-state index is 13.2. The lowest BCUT2D eigenvalue weighted by Crippen LogP contribution is -2.36. The Labute approximate surface area is 169 Å². The smallest absolute Gasteiger partial charge is 0.263 e. The van der Waals surface area contributed by atoms with E-state index >= 15 is 0 Å². The highest BCUT2D eigenvalue weighted by Crippen LogP contribution is 2.32. The SMILES string of the molecule is COc1ccc2nc(N(CCN(C)C)C(=O)c3cc(C)oc3C)sc2c1.Cl. The molecule has 1 amide bonds. The molecule has 0 N–H and O–H groups in total. The number of thiazole rings is 1. The first-order valence-corrected chi connectivity index (χ1v) is 9.19. The lowest BCUT2D eigenvalue weighted by Gasteiger charge is -2.21. The van der Waals surface area contributed by atoms with Crippen LogP contribution in [0.2, 0.25) is 0 Å². The number of aryl methyl sites for hydroxylation is 2. The van der Waals surface area contributed by atoms with E-state index in [-0.39, 0.29) is 18.3 Å². The Morgan fingerprint density at radius 2 is 1.96 bits per heavy atom. The molecule has 0 radical (unpaired) electrons. The van der Waals surface area contributed by atoms with E-state index in [9.17, 15) is 4.79 Å². The summed E-state index contributed by atoms with van der Waals surface area (Å²) in [5.74, 6) is 2.05. The molecule has 0 atom stereocenters. The fourth-order valence-corrected chi connectivity index (χ4v) is 3.73. The Morgan fingerprint density at radius 3 is 2.56 bits per heavy atom. The Bertz CT molecular complexity index is 936. The second-order valence-electron chi connectivity index (χ2n) is 6.42. The van der Waals surface area contributed by atoms with Gasteiger partial charge >= 0.3 is 0 Å². The molecule has 0 aliphatic carbocycles. The minimum atomic E-state index is -0.0905. The summed E-state index contributed by atoms with van der Waals surface area (Å²) in [6.45, 7) is 4.94. The summed E-state index contributed by atoms with van der Waals surface area (Å²) in [5.41, 5.74) is 1.44. The van der Waals surface area contributed by atoms with Crippen LogP contribution in [-0.2, 0) is 0 Å². The highest BCUT2D eigenvalue weighted by molar-refractivity contribution is 7.22. The number of anilines is 1. The molecular formula is C19H24ClN3O3S. The van der Waals surface area contributed by atoms with Crippen molar-refractivity contribution >= 4 is 45.0 Å². The second kappa shape index (κ2) is 8.73. The molecule has 6 nitrogen and oxygen atoms in total. The zero-order chi connectivity index (χ0) is 18.8. The molecule has 0 bridgehead atoms. The van der Waals surface area contributed by atoms with Crippen molar-refractivity contribution in [1.29, 1.82) is 0 Å². The van der Waals surface area contributed by atoms with Gasteiger partial charge in [0, 0.05) is 13.1 Å². The minimum absolute atomic E-state index is 0. The van der Waals surface area contributed by atoms with Crippen molar-refractivity contribution in [3.63, 3.8) is 0 Å². The molecule has 3 aromatic rings. The molecule has 0 saturated heterocycles. The number of amides is 1. The first-order chi connectivity index (χ1) is 12.4. The van der Waals surface area contributed by atoms with Crippen molar-refractivity contribution in [2.45, 2.75) is 13.8 Å². The molecule has 0 aliphatic heterocycles. The van der Waals surface area contributed by atoms with Crippen LogP contribution in [0.1, 0.15) is 21.9 Å². The van der Waals surface area contributed by atoms with Crippen LogP contribution in [-0.4, -0.2) is 50.1 Å². The van der Waals surface area contributed by atoms with Gasteiger partial charge in [-0.1, -0.05) is 11.3 Å². The van der Waals surface area contributed by atoms with E-state index in [0.717, 1.165) is 28.3 Å². The predicted molar refractivity (Wildman–Crippen MR) is 112 cm³/mol. The molecule has 0 unspecified atom stereocenters. The number of methoxy groups -OCH3 is 1. The van der Waals surface area contributed by atoms with Gasteiger partial charge in [0.2, 0.25) is 0 Å². The van der Waals surface area contributed by atoms with Gasteiger partial charge in [0.15, 0.2) is 5.13 Å². The van der Waals surface area contributed by atoms with Crippen LogP contribution in [0.5, 0.6) is 5.75 Å². The molecule has 8 heteroatoms. The number of fused-ring (bicyclic) bond motifs is 1. The van der Waals surface area contributed by atoms with Gasteiger partial charge in [-0.25, -0.2) is 4.98 Å². The summed E-state index contributed by atoms with van der Waals surface area (Å²) in [6, 6.07) is 7.52. The van der Waals surface area contributed by atoms with Crippen LogP contribution in [0, 0.1) is 13.8 Å². The largest absolute Gasteiger partial charge is 0.497 e. The van der Waals surface area contributed by atoms with Crippen LogP contribution in [0.15, 0.2) is 28.7 Å². The maximum absolute atomic E-state index is 13.2. The van der Waals surface area contributed by atoms with Crippen LogP contribution >= 0.6 is 23.7 Å². The average molecular weight is 410 g/mol. The first-order valence-electron chi connectivity index (χ1n) is 8.37. The number of nitrogens with zero attached hydrogens (tertiary/aromatic N) is 3. The number of furan rings is 1. The Balaban J connectivity index is 0.00000261. The maximum Gasteiger partial charge on any atom is 0.263 e. The molecule has 0 spiro atoms. The number of aromatic nitrogens is 1. The third-order valence-electron chi connectivity index (χ3n) is 4.10. The summed E-state index contributed by atoms with van der Waals surface area (Å²) < 4.78 is 11.8. The van der Waals surface area contributed by atoms with Crippen molar-refractivity contribution in [3.8, 4) is 5.75 Å². The summed E-state index contributed by atoms with van der Waals surface area (Å²) in [5, 5.41) is 0.679. The van der Waals surface area contributed by atoms with Gasteiger partial charge in [-0.2, -0.15) is 0 Å². The van der Waals surface area contributed by atoms with Crippen LogP contribution in [0.25, 0.3) is 10.2 Å². The topological polar surface area (TPSA) is 58.8 Å². The fraction of sp³-hybridized carbons (Fsp3) is 0.368. The molecule has 0 saturated carbocycles. The minimum Gasteiger partial charge on any atom is -0.497 e. The van der Waals surface area contributed by atoms with E-state index in [1.54, 1.807) is 18.1 Å². The van der Waals surface area contributed by atoms with Gasteiger partial charge in [-0.05, 0) is 52.2 Å². The Kier molecular flexibility index (Phi) is 6.86. The third kappa shape index (κ3) is 4.61. The average Bonchev–Trinajstić information content (AvgIpc) is 3.16. The van der Waals surface area contributed by atoms with Gasteiger partial charge in [0.05, 0.1) is 22.9 Å². The first kappa shape index (κ1) is 21.2. The zero-order valence-corrected chi connectivity index (χ0v) is 17.7. The van der Waals surface area contributed by atoms with Crippen molar-refractivity contribution < 1.29 is 13.9 Å². The van der Waals surface area contributed by atoms with Gasteiger partial charge in [-0.15, -0.1) is 12.4 Å². The normalized spacial score (nSPS) is 10.9. The number of hydrogen-bond acceptors (Lipinski definition) is 6. The lowest BCUT2D eigenvalue weighted by atomic mass is 10.2. The molecule has 0 aliphatic rings. The Morgan fingerprint density at radius 1 is 1.22 bits per heavy atom. The molecule has 2 heterocycles. The summed E-state index contributed by atoms with van der Waals surface area (Å²) in [7, 11) is 5.61. The molecule has 3 rings (SSSR count). The number of benzene rings is 1. The zero-order valence-electron chi connectivity index (χ0n) is 16.1. The summed E-state index contributed by atoms with van der Waals surface area (Å²) >= 11 is 1.49. The van der Waals surface area contributed by atoms with E-state index in [0.29, 0.717) is 23.0 Å².